The first kappa shape index (κ1) is 10.6. The average Bonchev–Trinajstić information content (AvgIpc) is 2.12. The van der Waals surface area contributed by atoms with Crippen LogP contribution in [0.4, 0.5) is 0 Å². The molecule has 0 aliphatic carbocycles. The highest BCUT2D eigenvalue weighted by molar-refractivity contribution is 6.34. The Kier molecular flexibility index (Phi) is 2.33. The van der Waals surface area contributed by atoms with Crippen LogP contribution in [0.25, 0.3) is 0 Å². The maximum absolute atomic E-state index is 6.02. The topological polar surface area (TPSA) is 9.23 Å². The zero-order valence-corrected chi connectivity index (χ0v) is 9.98. The molecule has 1 aliphatic heterocycles. The highest BCUT2D eigenvalue weighted by Gasteiger charge is 2.27. The first-order chi connectivity index (χ1) is 6.91. The number of aryl methyl sites for hydroxylation is 1. The fraction of sp³-hybridized carbons (Fsp3) is 0.538. The van der Waals surface area contributed by atoms with Crippen LogP contribution in [0, 0.1) is 13.8 Å². The van der Waals surface area contributed by atoms with E-state index in [1.807, 2.05) is 6.92 Å². The number of hydrogen-bond acceptors (Lipinski definition) is 1. The molecular formula is C13H17BO. The maximum Gasteiger partial charge on any atom is 0.123 e. The standard InChI is InChI=1S/C13H17BO/c1-8-7-11-10(9(2)12(8)14)5-6-13(3,4)15-11/h7H,5-6H2,1-4H3. The van der Waals surface area contributed by atoms with Crippen LogP contribution in [-0.4, -0.2) is 13.4 Å². The Hall–Kier alpha value is -0.915. The Labute approximate surface area is 93.2 Å². The zero-order chi connectivity index (χ0) is 11.2. The van der Waals surface area contributed by atoms with E-state index in [4.69, 9.17) is 12.6 Å². The summed E-state index contributed by atoms with van der Waals surface area (Å²) in [5.41, 5.74) is 4.47. The van der Waals surface area contributed by atoms with E-state index in [1.54, 1.807) is 0 Å². The van der Waals surface area contributed by atoms with Gasteiger partial charge in [-0.2, -0.15) is 0 Å². The third-order valence-corrected chi connectivity index (χ3v) is 3.29. The predicted molar refractivity (Wildman–Crippen MR) is 64.3 cm³/mol. The maximum atomic E-state index is 6.02. The fourth-order valence-electron chi connectivity index (χ4n) is 2.18. The van der Waals surface area contributed by atoms with Crippen LogP contribution in [0.3, 0.4) is 0 Å². The molecule has 2 rings (SSSR count). The lowest BCUT2D eigenvalue weighted by Crippen LogP contribution is -2.34. The molecule has 0 atom stereocenters. The first-order valence-corrected chi connectivity index (χ1v) is 5.48. The third kappa shape index (κ3) is 1.78. The van der Waals surface area contributed by atoms with Crippen molar-refractivity contribution < 1.29 is 4.74 Å². The molecular weight excluding hydrogens is 183 g/mol. The summed E-state index contributed by atoms with van der Waals surface area (Å²) in [6.07, 6.45) is 2.13. The smallest absolute Gasteiger partial charge is 0.123 e. The lowest BCUT2D eigenvalue weighted by atomic mass is 9.81. The number of ether oxygens (including phenoxy) is 1. The summed E-state index contributed by atoms with van der Waals surface area (Å²) in [6.45, 7) is 8.39. The summed E-state index contributed by atoms with van der Waals surface area (Å²) in [5, 5.41) is 0. The molecule has 0 aromatic heterocycles. The SMILES string of the molecule is [B]c1c(C)cc2c(c1C)CCC(C)(C)O2. The van der Waals surface area contributed by atoms with Gasteiger partial charge in [0.15, 0.2) is 0 Å². The van der Waals surface area contributed by atoms with E-state index in [0.717, 1.165) is 29.6 Å². The molecule has 0 unspecified atom stereocenters. The van der Waals surface area contributed by atoms with Gasteiger partial charge in [-0.05, 0) is 52.2 Å². The number of fused-ring (bicyclic) bond motifs is 1. The van der Waals surface area contributed by atoms with Crippen LogP contribution in [0.2, 0.25) is 0 Å². The molecule has 0 saturated heterocycles. The molecule has 1 aromatic rings. The molecule has 0 N–H and O–H groups in total. The van der Waals surface area contributed by atoms with Gasteiger partial charge in [-0.1, -0.05) is 16.6 Å². The Morgan fingerprint density at radius 3 is 2.67 bits per heavy atom. The van der Waals surface area contributed by atoms with Gasteiger partial charge >= 0.3 is 0 Å². The van der Waals surface area contributed by atoms with Crippen LogP contribution in [0.15, 0.2) is 6.07 Å². The molecule has 0 spiro atoms. The van der Waals surface area contributed by atoms with E-state index < -0.39 is 0 Å². The van der Waals surface area contributed by atoms with Crippen LogP contribution in [-0.2, 0) is 6.42 Å². The molecule has 78 valence electrons. The molecule has 0 fully saturated rings. The lowest BCUT2D eigenvalue weighted by Gasteiger charge is -2.34. The van der Waals surface area contributed by atoms with Crippen LogP contribution < -0.4 is 10.2 Å². The van der Waals surface area contributed by atoms with Crippen LogP contribution in [0.1, 0.15) is 37.0 Å². The molecule has 1 heterocycles. The van der Waals surface area contributed by atoms with Crippen LogP contribution in [0.5, 0.6) is 5.75 Å². The fourth-order valence-corrected chi connectivity index (χ4v) is 2.18. The van der Waals surface area contributed by atoms with Crippen LogP contribution >= 0.6 is 0 Å². The van der Waals surface area contributed by atoms with Crippen molar-refractivity contribution in [3.05, 3.63) is 22.8 Å². The minimum atomic E-state index is -0.0397. The Balaban J connectivity index is 2.54. The molecule has 1 aliphatic rings. The Morgan fingerprint density at radius 2 is 2.00 bits per heavy atom. The second-order valence-electron chi connectivity index (χ2n) is 5.07. The summed E-state index contributed by atoms with van der Waals surface area (Å²) in [6, 6.07) is 2.07. The van der Waals surface area contributed by atoms with Gasteiger partial charge in [-0.25, -0.2) is 0 Å². The Morgan fingerprint density at radius 1 is 1.33 bits per heavy atom. The van der Waals surface area contributed by atoms with Gasteiger partial charge in [-0.3, -0.25) is 0 Å². The van der Waals surface area contributed by atoms with Gasteiger partial charge in [0.1, 0.15) is 19.2 Å². The number of rotatable bonds is 0. The van der Waals surface area contributed by atoms with Crippen molar-refractivity contribution in [2.45, 2.75) is 46.1 Å². The van der Waals surface area contributed by atoms with Gasteiger partial charge in [0.05, 0.1) is 0 Å². The minimum absolute atomic E-state index is 0.0397. The summed E-state index contributed by atoms with van der Waals surface area (Å²) in [7, 11) is 6.02. The van der Waals surface area contributed by atoms with Gasteiger partial charge in [0.25, 0.3) is 0 Å². The summed E-state index contributed by atoms with van der Waals surface area (Å²) < 4.78 is 5.98. The second kappa shape index (κ2) is 3.29. The third-order valence-electron chi connectivity index (χ3n) is 3.29. The molecule has 0 saturated carbocycles. The van der Waals surface area contributed by atoms with E-state index in [9.17, 15) is 0 Å². The molecule has 2 heteroatoms. The number of hydrogen-bond donors (Lipinski definition) is 0. The molecule has 2 radical (unpaired) electrons. The van der Waals surface area contributed by atoms with Gasteiger partial charge in [-0.15, -0.1) is 0 Å². The molecule has 1 nitrogen and oxygen atoms in total. The van der Waals surface area contributed by atoms with Gasteiger partial charge in [0.2, 0.25) is 0 Å². The monoisotopic (exact) mass is 200 g/mol. The zero-order valence-electron chi connectivity index (χ0n) is 9.98. The predicted octanol–water partition coefficient (Wildman–Crippen LogP) is 2.20. The van der Waals surface area contributed by atoms with Crippen molar-refractivity contribution in [3.8, 4) is 5.75 Å². The van der Waals surface area contributed by atoms with Crippen molar-refractivity contribution in [3.63, 3.8) is 0 Å². The van der Waals surface area contributed by atoms with E-state index >= 15 is 0 Å². The van der Waals surface area contributed by atoms with Gasteiger partial charge < -0.3 is 4.74 Å². The highest BCUT2D eigenvalue weighted by atomic mass is 16.5. The quantitative estimate of drug-likeness (QED) is 0.583. The first-order valence-electron chi connectivity index (χ1n) is 5.48. The average molecular weight is 200 g/mol. The molecule has 1 aromatic carbocycles. The van der Waals surface area contributed by atoms with Gasteiger partial charge in [0, 0.05) is 0 Å². The van der Waals surface area contributed by atoms with Crippen molar-refractivity contribution >= 4 is 13.3 Å². The summed E-state index contributed by atoms with van der Waals surface area (Å²) in [4.78, 5) is 0. The van der Waals surface area contributed by atoms with E-state index in [1.165, 1.54) is 11.1 Å². The van der Waals surface area contributed by atoms with Crippen molar-refractivity contribution in [2.75, 3.05) is 0 Å². The molecule has 15 heavy (non-hydrogen) atoms. The summed E-state index contributed by atoms with van der Waals surface area (Å²) in [5.74, 6) is 1.02. The molecule has 0 bridgehead atoms. The second-order valence-corrected chi connectivity index (χ2v) is 5.07. The largest absolute Gasteiger partial charge is 0.488 e. The van der Waals surface area contributed by atoms with Crippen molar-refractivity contribution in [1.82, 2.24) is 0 Å². The minimum Gasteiger partial charge on any atom is -0.488 e. The highest BCUT2D eigenvalue weighted by Crippen LogP contribution is 2.34. The van der Waals surface area contributed by atoms with E-state index in [0.29, 0.717) is 0 Å². The molecule has 0 amide bonds. The normalized spacial score (nSPS) is 18.1. The van der Waals surface area contributed by atoms with E-state index in [-0.39, 0.29) is 5.60 Å². The lowest BCUT2D eigenvalue weighted by molar-refractivity contribution is 0.0845. The summed E-state index contributed by atoms with van der Waals surface area (Å²) >= 11 is 0. The van der Waals surface area contributed by atoms with E-state index in [2.05, 4.69) is 26.8 Å². The Bertz CT molecular complexity index is 407. The number of benzene rings is 1. The van der Waals surface area contributed by atoms with Crippen molar-refractivity contribution in [2.24, 2.45) is 0 Å². The van der Waals surface area contributed by atoms with Crippen molar-refractivity contribution in [1.29, 1.82) is 0 Å².